The molecule has 1 heteroatoms. The molecule has 1 aliphatic rings. The summed E-state index contributed by atoms with van der Waals surface area (Å²) >= 11 is 0. The Morgan fingerprint density at radius 1 is 1.08 bits per heavy atom. The molecule has 1 rings (SSSR count). The standard InChI is InChI=1S/C12H25N/c1-8(2)11(5)13-12-7-6-9(3)10(12)4/h8-13H,6-7H2,1-5H3. The van der Waals surface area contributed by atoms with Crippen LogP contribution in [0.15, 0.2) is 0 Å². The van der Waals surface area contributed by atoms with Gasteiger partial charge in [-0.15, -0.1) is 0 Å². The van der Waals surface area contributed by atoms with Crippen molar-refractivity contribution in [2.45, 2.75) is 59.5 Å². The van der Waals surface area contributed by atoms with Gasteiger partial charge in [0.1, 0.15) is 0 Å². The Bertz CT molecular complexity index is 153. The van der Waals surface area contributed by atoms with Crippen LogP contribution in [0.2, 0.25) is 0 Å². The van der Waals surface area contributed by atoms with Gasteiger partial charge in [-0.2, -0.15) is 0 Å². The Morgan fingerprint density at radius 3 is 2.08 bits per heavy atom. The van der Waals surface area contributed by atoms with Crippen molar-refractivity contribution >= 4 is 0 Å². The van der Waals surface area contributed by atoms with Crippen LogP contribution in [-0.2, 0) is 0 Å². The van der Waals surface area contributed by atoms with Gasteiger partial charge < -0.3 is 5.32 Å². The molecule has 0 radical (unpaired) electrons. The van der Waals surface area contributed by atoms with Crippen LogP contribution in [0.4, 0.5) is 0 Å². The van der Waals surface area contributed by atoms with E-state index in [1.165, 1.54) is 12.8 Å². The molecule has 0 heterocycles. The zero-order chi connectivity index (χ0) is 10.0. The number of nitrogens with one attached hydrogen (secondary N) is 1. The van der Waals surface area contributed by atoms with Gasteiger partial charge in [-0.25, -0.2) is 0 Å². The molecule has 1 saturated carbocycles. The summed E-state index contributed by atoms with van der Waals surface area (Å²) < 4.78 is 0. The van der Waals surface area contributed by atoms with Gasteiger partial charge in [-0.1, -0.05) is 27.7 Å². The third-order valence-corrected chi connectivity index (χ3v) is 3.94. The monoisotopic (exact) mass is 183 g/mol. The van der Waals surface area contributed by atoms with Crippen LogP contribution >= 0.6 is 0 Å². The van der Waals surface area contributed by atoms with Crippen molar-refractivity contribution in [3.05, 3.63) is 0 Å². The highest BCUT2D eigenvalue weighted by atomic mass is 15.0. The molecule has 0 aromatic carbocycles. The molecule has 4 atom stereocenters. The normalized spacial score (nSPS) is 36.9. The van der Waals surface area contributed by atoms with Crippen LogP contribution in [-0.4, -0.2) is 12.1 Å². The molecule has 13 heavy (non-hydrogen) atoms. The Morgan fingerprint density at radius 2 is 1.69 bits per heavy atom. The summed E-state index contributed by atoms with van der Waals surface area (Å²) in [5.41, 5.74) is 0. The lowest BCUT2D eigenvalue weighted by Crippen LogP contribution is -2.41. The van der Waals surface area contributed by atoms with E-state index in [9.17, 15) is 0 Å². The van der Waals surface area contributed by atoms with Crippen LogP contribution in [0.3, 0.4) is 0 Å². The third kappa shape index (κ3) is 2.70. The van der Waals surface area contributed by atoms with Gasteiger partial charge in [0.25, 0.3) is 0 Å². The minimum atomic E-state index is 0.665. The van der Waals surface area contributed by atoms with Crippen molar-refractivity contribution < 1.29 is 0 Å². The molecule has 1 fully saturated rings. The zero-order valence-corrected chi connectivity index (χ0v) is 9.80. The molecule has 4 unspecified atom stereocenters. The van der Waals surface area contributed by atoms with Gasteiger partial charge in [-0.3, -0.25) is 0 Å². The second kappa shape index (κ2) is 4.45. The van der Waals surface area contributed by atoms with Crippen LogP contribution in [0.1, 0.15) is 47.5 Å². The Labute approximate surface area is 83.3 Å². The van der Waals surface area contributed by atoms with E-state index in [0.29, 0.717) is 6.04 Å². The van der Waals surface area contributed by atoms with E-state index in [1.807, 2.05) is 0 Å². The largest absolute Gasteiger partial charge is 0.311 e. The summed E-state index contributed by atoms with van der Waals surface area (Å²) in [6, 6.07) is 1.44. The summed E-state index contributed by atoms with van der Waals surface area (Å²) in [4.78, 5) is 0. The van der Waals surface area contributed by atoms with Gasteiger partial charge in [0.15, 0.2) is 0 Å². The molecule has 0 aliphatic heterocycles. The van der Waals surface area contributed by atoms with Crippen LogP contribution in [0.25, 0.3) is 0 Å². The van der Waals surface area contributed by atoms with Gasteiger partial charge >= 0.3 is 0 Å². The van der Waals surface area contributed by atoms with Crippen molar-refractivity contribution in [1.29, 1.82) is 0 Å². The average molecular weight is 183 g/mol. The SMILES string of the molecule is CC(C)C(C)NC1CCC(C)C1C. The van der Waals surface area contributed by atoms with Gasteiger partial charge in [0, 0.05) is 12.1 Å². The van der Waals surface area contributed by atoms with E-state index in [2.05, 4.69) is 39.9 Å². The average Bonchev–Trinajstić information content (AvgIpc) is 2.36. The summed E-state index contributed by atoms with van der Waals surface area (Å²) in [6.07, 6.45) is 2.78. The Kier molecular flexibility index (Phi) is 3.78. The molecule has 0 aromatic heterocycles. The predicted molar refractivity (Wildman–Crippen MR) is 58.8 cm³/mol. The molecule has 0 amide bonds. The molecule has 0 bridgehead atoms. The van der Waals surface area contributed by atoms with E-state index >= 15 is 0 Å². The van der Waals surface area contributed by atoms with E-state index in [4.69, 9.17) is 0 Å². The van der Waals surface area contributed by atoms with Crippen molar-refractivity contribution in [3.8, 4) is 0 Å². The summed E-state index contributed by atoms with van der Waals surface area (Å²) in [6.45, 7) is 11.7. The number of hydrogen-bond acceptors (Lipinski definition) is 1. The quantitative estimate of drug-likeness (QED) is 0.709. The lowest BCUT2D eigenvalue weighted by molar-refractivity contribution is 0.311. The molecular weight excluding hydrogens is 158 g/mol. The van der Waals surface area contributed by atoms with E-state index in [-0.39, 0.29) is 0 Å². The second-order valence-corrected chi connectivity index (χ2v) is 5.22. The first-order valence-corrected chi connectivity index (χ1v) is 5.78. The fraction of sp³-hybridized carbons (Fsp3) is 1.00. The smallest absolute Gasteiger partial charge is 0.00979 e. The van der Waals surface area contributed by atoms with Gasteiger partial charge in [0.05, 0.1) is 0 Å². The van der Waals surface area contributed by atoms with Crippen molar-refractivity contribution in [3.63, 3.8) is 0 Å². The van der Waals surface area contributed by atoms with Gasteiger partial charge in [0.2, 0.25) is 0 Å². The Hall–Kier alpha value is -0.0400. The minimum absolute atomic E-state index is 0.665. The highest BCUT2D eigenvalue weighted by Gasteiger charge is 2.30. The number of hydrogen-bond donors (Lipinski definition) is 1. The topological polar surface area (TPSA) is 12.0 Å². The number of rotatable bonds is 3. The van der Waals surface area contributed by atoms with Gasteiger partial charge in [-0.05, 0) is 37.5 Å². The first kappa shape index (κ1) is 11.0. The predicted octanol–water partition coefficient (Wildman–Crippen LogP) is 3.06. The maximum Gasteiger partial charge on any atom is 0.00979 e. The molecular formula is C12H25N. The Balaban J connectivity index is 2.37. The summed E-state index contributed by atoms with van der Waals surface area (Å²) in [5, 5.41) is 3.76. The molecule has 0 saturated heterocycles. The zero-order valence-electron chi connectivity index (χ0n) is 9.80. The molecule has 1 aliphatic carbocycles. The lowest BCUT2D eigenvalue weighted by Gasteiger charge is -2.26. The fourth-order valence-electron chi connectivity index (χ4n) is 2.13. The summed E-state index contributed by atoms with van der Waals surface area (Å²) in [5.74, 6) is 2.53. The van der Waals surface area contributed by atoms with E-state index in [0.717, 1.165) is 23.8 Å². The molecule has 0 spiro atoms. The fourth-order valence-corrected chi connectivity index (χ4v) is 2.13. The second-order valence-electron chi connectivity index (χ2n) is 5.22. The molecule has 78 valence electrons. The lowest BCUT2D eigenvalue weighted by atomic mass is 9.96. The molecule has 1 N–H and O–H groups in total. The first-order chi connectivity index (χ1) is 6.02. The van der Waals surface area contributed by atoms with Crippen LogP contribution < -0.4 is 5.32 Å². The van der Waals surface area contributed by atoms with Crippen molar-refractivity contribution in [1.82, 2.24) is 5.32 Å². The van der Waals surface area contributed by atoms with Crippen molar-refractivity contribution in [2.75, 3.05) is 0 Å². The maximum atomic E-state index is 3.76. The molecule has 1 nitrogen and oxygen atoms in total. The van der Waals surface area contributed by atoms with Crippen LogP contribution in [0.5, 0.6) is 0 Å². The third-order valence-electron chi connectivity index (χ3n) is 3.94. The molecule has 0 aromatic rings. The highest BCUT2D eigenvalue weighted by molar-refractivity contribution is 4.86. The maximum absolute atomic E-state index is 3.76. The minimum Gasteiger partial charge on any atom is -0.311 e. The van der Waals surface area contributed by atoms with Crippen LogP contribution in [0, 0.1) is 17.8 Å². The van der Waals surface area contributed by atoms with Crippen molar-refractivity contribution in [2.24, 2.45) is 17.8 Å². The first-order valence-electron chi connectivity index (χ1n) is 5.78. The highest BCUT2D eigenvalue weighted by Crippen LogP contribution is 2.31. The van der Waals surface area contributed by atoms with E-state index < -0.39 is 0 Å². The van der Waals surface area contributed by atoms with E-state index in [1.54, 1.807) is 0 Å². The summed E-state index contributed by atoms with van der Waals surface area (Å²) in [7, 11) is 0.